The maximum atomic E-state index is 14.2. The number of hydrogen-bond acceptors (Lipinski definition) is 7. The number of rotatable bonds is 9. The highest BCUT2D eigenvalue weighted by atomic mass is 16.5. The fraction of sp³-hybridized carbons (Fsp3) is 0.300. The molecule has 0 aliphatic heterocycles. The molecule has 206 valence electrons. The molecule has 1 aromatic heterocycles. The number of carbonyl (C=O) groups is 3. The van der Waals surface area contributed by atoms with Crippen molar-refractivity contribution in [3.8, 4) is 5.75 Å². The average molecular weight is 542 g/mol. The maximum Gasteiger partial charge on any atom is 0.337 e. The number of fused-ring (bicyclic) bond motifs is 1. The van der Waals surface area contributed by atoms with Crippen LogP contribution in [0.2, 0.25) is 0 Å². The van der Waals surface area contributed by atoms with E-state index in [0.717, 1.165) is 25.7 Å². The zero-order valence-corrected chi connectivity index (χ0v) is 22.4. The topological polar surface area (TPSA) is 116 Å². The van der Waals surface area contributed by atoms with Crippen molar-refractivity contribution in [2.24, 2.45) is 0 Å². The Bertz CT molecular complexity index is 1510. The molecule has 4 aromatic rings. The van der Waals surface area contributed by atoms with E-state index in [1.165, 1.54) is 16.7 Å². The number of para-hydroxylation sites is 1. The highest BCUT2D eigenvalue weighted by Gasteiger charge is 2.35. The zero-order valence-electron chi connectivity index (χ0n) is 22.4. The van der Waals surface area contributed by atoms with Crippen molar-refractivity contribution in [1.29, 1.82) is 0 Å². The van der Waals surface area contributed by atoms with E-state index in [-0.39, 0.29) is 24.4 Å². The molecule has 2 amide bonds. The lowest BCUT2D eigenvalue weighted by molar-refractivity contribution is -0.127. The Morgan fingerprint density at radius 3 is 2.48 bits per heavy atom. The minimum Gasteiger partial charge on any atom is -0.497 e. The van der Waals surface area contributed by atoms with Crippen molar-refractivity contribution < 1.29 is 23.9 Å². The molecule has 0 saturated heterocycles. The molecule has 0 unspecified atom stereocenters. The fourth-order valence-electron chi connectivity index (χ4n) is 5.13. The van der Waals surface area contributed by atoms with Crippen LogP contribution in [-0.2, 0) is 20.9 Å². The lowest BCUT2D eigenvalue weighted by Gasteiger charge is -2.32. The number of nitrogens with zero attached hydrogens (tertiary/aromatic N) is 4. The van der Waals surface area contributed by atoms with Crippen LogP contribution in [0.15, 0.2) is 72.8 Å². The Morgan fingerprint density at radius 1 is 1.00 bits per heavy atom. The fourth-order valence-corrected chi connectivity index (χ4v) is 5.13. The van der Waals surface area contributed by atoms with Gasteiger partial charge in [0, 0.05) is 11.7 Å². The second-order valence-electron chi connectivity index (χ2n) is 9.71. The van der Waals surface area contributed by atoms with Gasteiger partial charge in [0.25, 0.3) is 0 Å². The molecule has 1 heterocycles. The van der Waals surface area contributed by atoms with E-state index in [9.17, 15) is 14.4 Å². The van der Waals surface area contributed by atoms with Crippen molar-refractivity contribution in [1.82, 2.24) is 20.3 Å². The lowest BCUT2D eigenvalue weighted by Crippen LogP contribution is -2.47. The molecule has 1 saturated carbocycles. The molecule has 5 rings (SSSR count). The van der Waals surface area contributed by atoms with Crippen molar-refractivity contribution in [2.75, 3.05) is 19.1 Å². The number of amides is 2. The first-order valence-corrected chi connectivity index (χ1v) is 13.2. The number of anilines is 1. The van der Waals surface area contributed by atoms with Gasteiger partial charge >= 0.3 is 5.97 Å². The van der Waals surface area contributed by atoms with Gasteiger partial charge in [-0.05, 0) is 66.9 Å². The quantitative estimate of drug-likeness (QED) is 0.318. The molecule has 40 heavy (non-hydrogen) atoms. The number of aromatic nitrogens is 3. The minimum atomic E-state index is -1.01. The third-order valence-electron chi connectivity index (χ3n) is 7.16. The molecule has 1 atom stereocenters. The van der Waals surface area contributed by atoms with Crippen LogP contribution in [0.3, 0.4) is 0 Å². The van der Waals surface area contributed by atoms with Gasteiger partial charge < -0.3 is 14.8 Å². The summed E-state index contributed by atoms with van der Waals surface area (Å²) in [5.41, 5.74) is 2.71. The van der Waals surface area contributed by atoms with Gasteiger partial charge in [0.15, 0.2) is 0 Å². The van der Waals surface area contributed by atoms with E-state index in [1.54, 1.807) is 55.6 Å². The van der Waals surface area contributed by atoms with Gasteiger partial charge in [0.05, 0.1) is 25.3 Å². The van der Waals surface area contributed by atoms with Crippen molar-refractivity contribution in [3.05, 3.63) is 83.9 Å². The Labute approximate surface area is 231 Å². The normalized spacial score (nSPS) is 14.1. The van der Waals surface area contributed by atoms with E-state index in [0.29, 0.717) is 33.6 Å². The molecule has 1 N–H and O–H groups in total. The van der Waals surface area contributed by atoms with Gasteiger partial charge in [-0.25, -0.2) is 9.48 Å². The summed E-state index contributed by atoms with van der Waals surface area (Å²) in [7, 11) is 2.86. The van der Waals surface area contributed by atoms with E-state index in [1.807, 2.05) is 24.3 Å². The molecule has 0 bridgehead atoms. The number of carbonyl (C=O) groups excluding carboxylic acids is 3. The molecule has 0 spiro atoms. The SMILES string of the molecule is COC(=O)c1ccc(N(C(=O)Cn2nnc3ccccc32)[C@@H](C(=O)NC2CCCC2)c2cccc(OC)c2)cc1. The van der Waals surface area contributed by atoms with Gasteiger partial charge in [-0.15, -0.1) is 5.10 Å². The van der Waals surface area contributed by atoms with Crippen LogP contribution in [0.5, 0.6) is 5.75 Å². The highest BCUT2D eigenvalue weighted by Crippen LogP contribution is 2.32. The van der Waals surface area contributed by atoms with E-state index in [2.05, 4.69) is 15.6 Å². The molecule has 1 fully saturated rings. The van der Waals surface area contributed by atoms with Crippen LogP contribution in [-0.4, -0.2) is 53.0 Å². The molecule has 10 nitrogen and oxygen atoms in total. The Hall–Kier alpha value is -4.73. The summed E-state index contributed by atoms with van der Waals surface area (Å²) in [5.74, 6) is -0.612. The van der Waals surface area contributed by atoms with Gasteiger partial charge in [0.2, 0.25) is 11.8 Å². The number of methoxy groups -OCH3 is 2. The molecule has 10 heteroatoms. The summed E-state index contributed by atoms with van der Waals surface area (Å²) in [4.78, 5) is 41.7. The zero-order chi connectivity index (χ0) is 28.1. The van der Waals surface area contributed by atoms with E-state index < -0.39 is 12.0 Å². The number of nitrogens with one attached hydrogen (secondary N) is 1. The first-order valence-electron chi connectivity index (χ1n) is 13.2. The maximum absolute atomic E-state index is 14.2. The van der Waals surface area contributed by atoms with E-state index >= 15 is 0 Å². The third kappa shape index (κ3) is 5.66. The molecular formula is C30H31N5O5. The van der Waals surface area contributed by atoms with Crippen LogP contribution in [0.1, 0.15) is 47.6 Å². The van der Waals surface area contributed by atoms with Gasteiger partial charge in [-0.1, -0.05) is 42.3 Å². The largest absolute Gasteiger partial charge is 0.497 e. The lowest BCUT2D eigenvalue weighted by atomic mass is 10.0. The summed E-state index contributed by atoms with van der Waals surface area (Å²) in [6.45, 7) is -0.156. The molecule has 0 radical (unpaired) electrons. The minimum absolute atomic E-state index is 0.0403. The Balaban J connectivity index is 1.59. The predicted molar refractivity (Wildman–Crippen MR) is 149 cm³/mol. The number of ether oxygens (including phenoxy) is 2. The first-order chi connectivity index (χ1) is 19.5. The molecular weight excluding hydrogens is 510 g/mol. The van der Waals surface area contributed by atoms with Gasteiger partial charge in [0.1, 0.15) is 23.9 Å². The van der Waals surface area contributed by atoms with Gasteiger partial charge in [-0.2, -0.15) is 0 Å². The number of hydrogen-bond donors (Lipinski definition) is 1. The third-order valence-corrected chi connectivity index (χ3v) is 7.16. The monoisotopic (exact) mass is 541 g/mol. The van der Waals surface area contributed by atoms with Crippen molar-refractivity contribution in [2.45, 2.75) is 44.3 Å². The Kier molecular flexibility index (Phi) is 8.04. The standard InChI is InChI=1S/C30H31N5O5/c1-39-24-11-7-8-21(18-24)28(29(37)31-22-9-3-4-10-22)35(23-16-14-20(15-17-23)30(38)40-2)27(36)19-34-26-13-6-5-12-25(26)32-33-34/h5-8,11-18,22,28H,3-4,9-10,19H2,1-2H3,(H,31,37)/t28-/m1/s1. The average Bonchev–Trinajstić information content (AvgIpc) is 3.65. The van der Waals surface area contributed by atoms with Crippen LogP contribution >= 0.6 is 0 Å². The summed E-state index contributed by atoms with van der Waals surface area (Å²) < 4.78 is 11.8. The number of esters is 1. The second-order valence-corrected chi connectivity index (χ2v) is 9.71. The summed E-state index contributed by atoms with van der Waals surface area (Å²) >= 11 is 0. The van der Waals surface area contributed by atoms with Crippen LogP contribution < -0.4 is 15.0 Å². The molecule has 1 aliphatic carbocycles. The number of benzene rings is 3. The van der Waals surface area contributed by atoms with Gasteiger partial charge in [-0.3, -0.25) is 14.5 Å². The second kappa shape index (κ2) is 12.0. The smallest absolute Gasteiger partial charge is 0.337 e. The first kappa shape index (κ1) is 26.9. The summed E-state index contributed by atoms with van der Waals surface area (Å²) in [6, 6.07) is 19.9. The molecule has 1 aliphatic rings. The molecule has 3 aromatic carbocycles. The van der Waals surface area contributed by atoms with Crippen molar-refractivity contribution >= 4 is 34.5 Å². The van der Waals surface area contributed by atoms with Crippen LogP contribution in [0.4, 0.5) is 5.69 Å². The van der Waals surface area contributed by atoms with Crippen LogP contribution in [0.25, 0.3) is 11.0 Å². The summed E-state index contributed by atoms with van der Waals surface area (Å²) in [6.07, 6.45) is 3.88. The Morgan fingerprint density at radius 2 is 1.75 bits per heavy atom. The van der Waals surface area contributed by atoms with E-state index in [4.69, 9.17) is 9.47 Å². The van der Waals surface area contributed by atoms with Crippen molar-refractivity contribution in [3.63, 3.8) is 0 Å². The summed E-state index contributed by atoms with van der Waals surface area (Å²) in [5, 5.41) is 11.5. The van der Waals surface area contributed by atoms with Crippen LogP contribution in [0, 0.1) is 0 Å². The highest BCUT2D eigenvalue weighted by molar-refractivity contribution is 6.02. The predicted octanol–water partition coefficient (Wildman–Crippen LogP) is 4.06.